The molecule has 2 N–H and O–H groups in total. The zero-order valence-electron chi connectivity index (χ0n) is 10.6. The minimum absolute atomic E-state index is 0.185. The first-order valence-corrected chi connectivity index (χ1v) is 5.69. The number of H-pyrrole nitrogens is 1. The van der Waals surface area contributed by atoms with Gasteiger partial charge in [-0.15, -0.1) is 0 Å². The molecule has 1 aromatic heterocycles. The van der Waals surface area contributed by atoms with Gasteiger partial charge in [0.1, 0.15) is 0 Å². The molecule has 1 heterocycles. The van der Waals surface area contributed by atoms with E-state index in [9.17, 15) is 9.59 Å². The van der Waals surface area contributed by atoms with E-state index in [0.29, 0.717) is 10.9 Å². The second kappa shape index (κ2) is 3.98. The van der Waals surface area contributed by atoms with Gasteiger partial charge in [0.2, 0.25) is 0 Å². The van der Waals surface area contributed by atoms with Crippen molar-refractivity contribution in [3.05, 3.63) is 35.0 Å². The number of carboxylic acid groups (broad SMARTS) is 1. The molecule has 0 unspecified atom stereocenters. The standard InChI is InChI=1S/C14H15NO3/c1-14(2,3)12-10(7-16)9-6-8(13(17)18)4-5-11(9)15-12/h4-7,15H,1-3H3,(H,17,18). The van der Waals surface area contributed by atoms with Crippen LogP contribution in [0, 0.1) is 0 Å². The first-order chi connectivity index (χ1) is 8.34. The van der Waals surface area contributed by atoms with Crippen LogP contribution in [0.5, 0.6) is 0 Å². The fraction of sp³-hybridized carbons (Fsp3) is 0.286. The summed E-state index contributed by atoms with van der Waals surface area (Å²) < 4.78 is 0. The molecule has 4 nitrogen and oxygen atoms in total. The van der Waals surface area contributed by atoms with Crippen LogP contribution in [0.1, 0.15) is 47.2 Å². The van der Waals surface area contributed by atoms with Gasteiger partial charge >= 0.3 is 5.97 Å². The molecular weight excluding hydrogens is 230 g/mol. The van der Waals surface area contributed by atoms with Gasteiger partial charge in [0.05, 0.1) is 5.56 Å². The highest BCUT2D eigenvalue weighted by molar-refractivity contribution is 6.02. The van der Waals surface area contributed by atoms with E-state index in [2.05, 4.69) is 4.98 Å². The SMILES string of the molecule is CC(C)(C)c1[nH]c2ccc(C(=O)O)cc2c1C=O. The number of aromatic amines is 1. The Hall–Kier alpha value is -2.10. The van der Waals surface area contributed by atoms with Crippen molar-refractivity contribution in [2.24, 2.45) is 0 Å². The zero-order chi connectivity index (χ0) is 13.5. The van der Waals surface area contributed by atoms with Crippen LogP contribution in [0.2, 0.25) is 0 Å². The van der Waals surface area contributed by atoms with Crippen molar-refractivity contribution in [2.45, 2.75) is 26.2 Å². The summed E-state index contributed by atoms with van der Waals surface area (Å²) in [5.41, 5.74) is 2.14. The molecule has 0 saturated carbocycles. The Bertz CT molecular complexity index is 632. The quantitative estimate of drug-likeness (QED) is 0.799. The molecule has 0 aliphatic heterocycles. The van der Waals surface area contributed by atoms with Crippen molar-refractivity contribution in [1.82, 2.24) is 4.98 Å². The van der Waals surface area contributed by atoms with Gasteiger partial charge in [-0.1, -0.05) is 20.8 Å². The van der Waals surface area contributed by atoms with Crippen molar-refractivity contribution >= 4 is 23.2 Å². The fourth-order valence-corrected chi connectivity index (χ4v) is 2.06. The summed E-state index contributed by atoms with van der Waals surface area (Å²) in [6.07, 6.45) is 0.783. The number of carboxylic acids is 1. The Morgan fingerprint density at radius 3 is 2.50 bits per heavy atom. The highest BCUT2D eigenvalue weighted by Gasteiger charge is 2.22. The van der Waals surface area contributed by atoms with E-state index in [0.717, 1.165) is 17.5 Å². The Labute approximate surface area is 105 Å². The maximum atomic E-state index is 11.3. The molecule has 94 valence electrons. The highest BCUT2D eigenvalue weighted by Crippen LogP contribution is 2.30. The average Bonchev–Trinajstić information content (AvgIpc) is 2.65. The van der Waals surface area contributed by atoms with Crippen LogP contribution in [-0.2, 0) is 5.41 Å². The topological polar surface area (TPSA) is 70.2 Å². The first-order valence-electron chi connectivity index (χ1n) is 5.69. The van der Waals surface area contributed by atoms with E-state index in [1.165, 1.54) is 12.1 Å². The number of aldehydes is 1. The van der Waals surface area contributed by atoms with E-state index >= 15 is 0 Å². The maximum Gasteiger partial charge on any atom is 0.335 e. The number of hydrogen-bond acceptors (Lipinski definition) is 2. The largest absolute Gasteiger partial charge is 0.478 e. The molecule has 0 radical (unpaired) electrons. The van der Waals surface area contributed by atoms with E-state index in [4.69, 9.17) is 5.11 Å². The monoisotopic (exact) mass is 245 g/mol. The zero-order valence-corrected chi connectivity index (χ0v) is 10.6. The summed E-state index contributed by atoms with van der Waals surface area (Å²) in [6.45, 7) is 6.01. The van der Waals surface area contributed by atoms with Crippen LogP contribution >= 0.6 is 0 Å². The predicted molar refractivity (Wildman–Crippen MR) is 69.3 cm³/mol. The van der Waals surface area contributed by atoms with Gasteiger partial charge in [-0.2, -0.15) is 0 Å². The lowest BCUT2D eigenvalue weighted by Gasteiger charge is -2.17. The fourth-order valence-electron chi connectivity index (χ4n) is 2.06. The Balaban J connectivity index is 2.78. The van der Waals surface area contributed by atoms with Crippen LogP contribution in [0.15, 0.2) is 18.2 Å². The number of fused-ring (bicyclic) bond motifs is 1. The van der Waals surface area contributed by atoms with Crippen molar-refractivity contribution in [2.75, 3.05) is 0 Å². The number of carbonyl (C=O) groups excluding carboxylic acids is 1. The summed E-state index contributed by atoms with van der Waals surface area (Å²) in [4.78, 5) is 25.4. The molecule has 0 aliphatic carbocycles. The second-order valence-electron chi connectivity index (χ2n) is 5.35. The van der Waals surface area contributed by atoms with Crippen molar-refractivity contribution < 1.29 is 14.7 Å². The van der Waals surface area contributed by atoms with Gasteiger partial charge in [0.15, 0.2) is 6.29 Å². The van der Waals surface area contributed by atoms with E-state index in [-0.39, 0.29) is 11.0 Å². The molecule has 1 aromatic carbocycles. The first kappa shape index (κ1) is 12.4. The summed E-state index contributed by atoms with van der Waals surface area (Å²) in [7, 11) is 0. The van der Waals surface area contributed by atoms with Gasteiger partial charge in [0.25, 0.3) is 0 Å². The third kappa shape index (κ3) is 1.90. The van der Waals surface area contributed by atoms with Crippen LogP contribution in [0.4, 0.5) is 0 Å². The smallest absolute Gasteiger partial charge is 0.335 e. The lowest BCUT2D eigenvalue weighted by molar-refractivity contribution is 0.0697. The molecule has 0 saturated heterocycles. The number of aromatic nitrogens is 1. The third-order valence-electron chi connectivity index (χ3n) is 2.95. The van der Waals surface area contributed by atoms with E-state index in [1.54, 1.807) is 6.07 Å². The normalized spacial score (nSPS) is 11.7. The molecule has 2 rings (SSSR count). The minimum Gasteiger partial charge on any atom is -0.478 e. The number of aromatic carboxylic acids is 1. The van der Waals surface area contributed by atoms with Crippen molar-refractivity contribution in [3.63, 3.8) is 0 Å². The van der Waals surface area contributed by atoms with Crippen LogP contribution < -0.4 is 0 Å². The lowest BCUT2D eigenvalue weighted by Crippen LogP contribution is -2.13. The summed E-state index contributed by atoms with van der Waals surface area (Å²) in [6, 6.07) is 4.76. The Morgan fingerprint density at radius 1 is 1.33 bits per heavy atom. The van der Waals surface area contributed by atoms with Crippen LogP contribution in [0.25, 0.3) is 10.9 Å². The Kier molecular flexibility index (Phi) is 2.73. The summed E-state index contributed by atoms with van der Waals surface area (Å²) in [5, 5.41) is 9.64. The molecule has 0 fully saturated rings. The van der Waals surface area contributed by atoms with Crippen molar-refractivity contribution in [1.29, 1.82) is 0 Å². The molecule has 18 heavy (non-hydrogen) atoms. The minimum atomic E-state index is -0.993. The molecular formula is C14H15NO3. The number of nitrogens with one attached hydrogen (secondary N) is 1. The maximum absolute atomic E-state index is 11.3. The molecule has 2 aromatic rings. The van der Waals surface area contributed by atoms with Gasteiger partial charge in [0, 0.05) is 27.6 Å². The third-order valence-corrected chi connectivity index (χ3v) is 2.95. The predicted octanol–water partition coefficient (Wildman–Crippen LogP) is 2.98. The molecule has 0 amide bonds. The second-order valence-corrected chi connectivity index (χ2v) is 5.35. The van der Waals surface area contributed by atoms with Gasteiger partial charge in [-0.25, -0.2) is 4.79 Å². The summed E-state index contributed by atoms with van der Waals surface area (Å²) in [5.74, 6) is -0.993. The molecule has 0 aliphatic rings. The van der Waals surface area contributed by atoms with E-state index in [1.807, 2.05) is 20.8 Å². The number of carbonyl (C=O) groups is 2. The number of benzene rings is 1. The van der Waals surface area contributed by atoms with Gasteiger partial charge in [-0.05, 0) is 18.2 Å². The molecule has 4 heteroatoms. The van der Waals surface area contributed by atoms with Gasteiger partial charge in [-0.3, -0.25) is 4.79 Å². The number of rotatable bonds is 2. The van der Waals surface area contributed by atoms with Gasteiger partial charge < -0.3 is 10.1 Å². The summed E-state index contributed by atoms with van der Waals surface area (Å²) >= 11 is 0. The van der Waals surface area contributed by atoms with E-state index < -0.39 is 5.97 Å². The van der Waals surface area contributed by atoms with Crippen LogP contribution in [-0.4, -0.2) is 22.3 Å². The number of hydrogen-bond donors (Lipinski definition) is 2. The molecule has 0 bridgehead atoms. The molecule has 0 spiro atoms. The van der Waals surface area contributed by atoms with Crippen molar-refractivity contribution in [3.8, 4) is 0 Å². The lowest BCUT2D eigenvalue weighted by atomic mass is 9.89. The molecule has 0 atom stereocenters. The Morgan fingerprint density at radius 2 is 2.00 bits per heavy atom. The highest BCUT2D eigenvalue weighted by atomic mass is 16.4. The average molecular weight is 245 g/mol. The van der Waals surface area contributed by atoms with Crippen LogP contribution in [0.3, 0.4) is 0 Å².